The quantitative estimate of drug-likeness (QED) is 0.491. The lowest BCUT2D eigenvalue weighted by atomic mass is 10.2. The van der Waals surface area contributed by atoms with Crippen LogP contribution < -0.4 is 5.43 Å². The first kappa shape index (κ1) is 12.1. The number of aromatic nitrogens is 2. The number of para-hydroxylation sites is 1. The van der Waals surface area contributed by atoms with Crippen molar-refractivity contribution in [1.29, 1.82) is 0 Å². The molecule has 0 aliphatic carbocycles. The molecule has 0 radical (unpaired) electrons. The Labute approximate surface area is 104 Å². The number of nitrogens with zero attached hydrogens (tertiary/aromatic N) is 2. The third-order valence-electron chi connectivity index (χ3n) is 2.35. The van der Waals surface area contributed by atoms with Gasteiger partial charge < -0.3 is 4.74 Å². The molecular weight excluding hydrogens is 232 g/mol. The molecule has 0 aliphatic rings. The first-order chi connectivity index (χ1) is 8.72. The van der Waals surface area contributed by atoms with Crippen LogP contribution in [0.15, 0.2) is 29.4 Å². The first-order valence-electron chi connectivity index (χ1n) is 5.63. The average Bonchev–Trinajstić information content (AvgIpc) is 2.80. The van der Waals surface area contributed by atoms with Crippen molar-refractivity contribution in [2.75, 3.05) is 6.61 Å². The molecule has 1 aromatic heterocycles. The molecule has 1 heterocycles. The predicted octanol–water partition coefficient (Wildman–Crippen LogP) is 1.66. The number of ether oxygens (including phenoxy) is 1. The van der Waals surface area contributed by atoms with E-state index in [4.69, 9.17) is 4.74 Å². The first-order valence-corrected chi connectivity index (χ1v) is 5.63. The molecule has 0 bridgehead atoms. The highest BCUT2D eigenvalue weighted by Crippen LogP contribution is 2.14. The zero-order valence-corrected chi connectivity index (χ0v) is 10.2. The van der Waals surface area contributed by atoms with Gasteiger partial charge in [-0.05, 0) is 13.0 Å². The van der Waals surface area contributed by atoms with Crippen LogP contribution in [0, 0.1) is 0 Å². The van der Waals surface area contributed by atoms with E-state index >= 15 is 0 Å². The highest BCUT2D eigenvalue weighted by molar-refractivity contribution is 6.04. The Morgan fingerprint density at radius 1 is 1.50 bits per heavy atom. The molecule has 1 aromatic carbocycles. The molecular formula is C12H14N4O2. The van der Waals surface area contributed by atoms with Crippen LogP contribution in [0.1, 0.15) is 24.3 Å². The number of carbonyl (C=O) groups excluding carboxylic acids is 1. The summed E-state index contributed by atoms with van der Waals surface area (Å²) in [7, 11) is 0. The van der Waals surface area contributed by atoms with Crippen LogP contribution in [0.3, 0.4) is 0 Å². The molecule has 0 atom stereocenters. The highest BCUT2D eigenvalue weighted by Gasteiger charge is 2.12. The van der Waals surface area contributed by atoms with Crippen molar-refractivity contribution in [2.24, 2.45) is 5.10 Å². The Morgan fingerprint density at radius 3 is 3.06 bits per heavy atom. The van der Waals surface area contributed by atoms with Crippen LogP contribution in [0.5, 0.6) is 0 Å². The molecule has 0 saturated carbocycles. The summed E-state index contributed by atoms with van der Waals surface area (Å²) in [6.07, 6.45) is 0. The number of hydrazone groups is 1. The highest BCUT2D eigenvalue weighted by atomic mass is 16.5. The van der Waals surface area contributed by atoms with Gasteiger partial charge in [0.15, 0.2) is 5.69 Å². The summed E-state index contributed by atoms with van der Waals surface area (Å²) in [6.45, 7) is 4.03. The summed E-state index contributed by atoms with van der Waals surface area (Å²) in [5.74, 6) is 0.0391. The summed E-state index contributed by atoms with van der Waals surface area (Å²) in [4.78, 5) is 11.9. The standard InChI is InChI=1S/C12H14N4O2/c1-3-18-8(2)13-16-12(17)11-9-6-4-5-7-10(9)14-15-11/h4-7H,3H2,1-2H3,(H,14,15)(H,16,17)/b13-8+. The molecule has 2 rings (SSSR count). The minimum absolute atomic E-state index is 0.318. The van der Waals surface area contributed by atoms with Gasteiger partial charge in [-0.15, -0.1) is 5.10 Å². The van der Waals surface area contributed by atoms with Gasteiger partial charge >= 0.3 is 0 Å². The molecule has 6 heteroatoms. The molecule has 1 amide bonds. The number of carbonyl (C=O) groups is 1. The monoisotopic (exact) mass is 246 g/mol. The van der Waals surface area contributed by atoms with E-state index in [-0.39, 0.29) is 5.91 Å². The van der Waals surface area contributed by atoms with E-state index in [0.29, 0.717) is 18.2 Å². The number of hydrogen-bond acceptors (Lipinski definition) is 4. The number of aromatic amines is 1. The van der Waals surface area contributed by atoms with Gasteiger partial charge in [0, 0.05) is 12.3 Å². The van der Waals surface area contributed by atoms with Gasteiger partial charge in [0.25, 0.3) is 5.91 Å². The van der Waals surface area contributed by atoms with Gasteiger partial charge in [0.1, 0.15) is 0 Å². The second-order valence-corrected chi connectivity index (χ2v) is 3.62. The van der Waals surface area contributed by atoms with E-state index in [1.54, 1.807) is 6.92 Å². The number of benzene rings is 1. The fourth-order valence-corrected chi connectivity index (χ4v) is 1.56. The molecule has 18 heavy (non-hydrogen) atoms. The van der Waals surface area contributed by atoms with Crippen molar-refractivity contribution < 1.29 is 9.53 Å². The Hall–Kier alpha value is -2.37. The van der Waals surface area contributed by atoms with E-state index in [0.717, 1.165) is 10.9 Å². The maximum atomic E-state index is 11.9. The zero-order valence-electron chi connectivity index (χ0n) is 10.2. The lowest BCUT2D eigenvalue weighted by Crippen LogP contribution is -2.20. The van der Waals surface area contributed by atoms with Gasteiger partial charge in [0.05, 0.1) is 12.1 Å². The van der Waals surface area contributed by atoms with Gasteiger partial charge in [-0.3, -0.25) is 9.89 Å². The summed E-state index contributed by atoms with van der Waals surface area (Å²) in [6, 6.07) is 7.41. The SMILES string of the molecule is CCO/C(C)=N/NC(=O)c1n[nH]c2ccccc12. The van der Waals surface area contributed by atoms with E-state index in [9.17, 15) is 4.79 Å². The lowest BCUT2D eigenvalue weighted by Gasteiger charge is -2.01. The number of H-pyrrole nitrogens is 1. The summed E-state index contributed by atoms with van der Waals surface area (Å²) in [5.41, 5.74) is 3.53. The number of nitrogens with one attached hydrogen (secondary N) is 2. The maximum Gasteiger partial charge on any atom is 0.292 e. The Morgan fingerprint density at radius 2 is 2.28 bits per heavy atom. The van der Waals surface area contributed by atoms with Crippen LogP contribution in [0.2, 0.25) is 0 Å². The largest absolute Gasteiger partial charge is 0.480 e. The van der Waals surface area contributed by atoms with Crippen LogP contribution in [-0.4, -0.2) is 28.6 Å². The predicted molar refractivity (Wildman–Crippen MR) is 68.3 cm³/mol. The zero-order chi connectivity index (χ0) is 13.0. The third-order valence-corrected chi connectivity index (χ3v) is 2.35. The van der Waals surface area contributed by atoms with E-state index < -0.39 is 0 Å². The van der Waals surface area contributed by atoms with Crippen molar-refractivity contribution >= 4 is 22.7 Å². The van der Waals surface area contributed by atoms with Gasteiger partial charge in [-0.2, -0.15) is 5.10 Å². The fourth-order valence-electron chi connectivity index (χ4n) is 1.56. The van der Waals surface area contributed by atoms with Crippen LogP contribution in [-0.2, 0) is 4.74 Å². The normalized spacial score (nSPS) is 11.6. The maximum absolute atomic E-state index is 11.9. The van der Waals surface area contributed by atoms with Crippen molar-refractivity contribution in [2.45, 2.75) is 13.8 Å². The minimum Gasteiger partial charge on any atom is -0.480 e. The summed E-state index contributed by atoms with van der Waals surface area (Å²) < 4.78 is 5.10. The average molecular weight is 246 g/mol. The Balaban J connectivity index is 2.17. The van der Waals surface area contributed by atoms with Crippen LogP contribution >= 0.6 is 0 Å². The molecule has 0 aliphatic heterocycles. The molecule has 0 saturated heterocycles. The number of amides is 1. The smallest absolute Gasteiger partial charge is 0.292 e. The molecule has 6 nitrogen and oxygen atoms in total. The van der Waals surface area contributed by atoms with E-state index in [1.807, 2.05) is 31.2 Å². The number of fused-ring (bicyclic) bond motifs is 1. The fraction of sp³-hybridized carbons (Fsp3) is 0.250. The van der Waals surface area contributed by atoms with Crippen molar-refractivity contribution in [1.82, 2.24) is 15.6 Å². The minimum atomic E-state index is -0.369. The topological polar surface area (TPSA) is 79.4 Å². The molecule has 2 aromatic rings. The summed E-state index contributed by atoms with van der Waals surface area (Å²) in [5, 5.41) is 11.3. The number of rotatable bonds is 3. The lowest BCUT2D eigenvalue weighted by molar-refractivity contribution is 0.0949. The number of hydrogen-bond donors (Lipinski definition) is 2. The second kappa shape index (κ2) is 5.31. The van der Waals surface area contributed by atoms with Gasteiger partial charge in [0.2, 0.25) is 5.90 Å². The van der Waals surface area contributed by atoms with E-state index in [2.05, 4.69) is 20.7 Å². The third kappa shape index (κ3) is 2.48. The van der Waals surface area contributed by atoms with Crippen molar-refractivity contribution in [3.8, 4) is 0 Å². The Kier molecular flexibility index (Phi) is 3.57. The van der Waals surface area contributed by atoms with Gasteiger partial charge in [-0.1, -0.05) is 18.2 Å². The van der Waals surface area contributed by atoms with Crippen LogP contribution in [0.25, 0.3) is 10.9 Å². The molecule has 0 unspecified atom stereocenters. The van der Waals surface area contributed by atoms with Crippen molar-refractivity contribution in [3.05, 3.63) is 30.0 Å². The summed E-state index contributed by atoms with van der Waals surface area (Å²) >= 11 is 0. The molecule has 0 fully saturated rings. The van der Waals surface area contributed by atoms with E-state index in [1.165, 1.54) is 0 Å². The second-order valence-electron chi connectivity index (χ2n) is 3.62. The van der Waals surface area contributed by atoms with Crippen molar-refractivity contribution in [3.63, 3.8) is 0 Å². The molecule has 0 spiro atoms. The van der Waals surface area contributed by atoms with Gasteiger partial charge in [-0.25, -0.2) is 5.43 Å². The Bertz CT molecular complexity index is 589. The van der Waals surface area contributed by atoms with Crippen LogP contribution in [0.4, 0.5) is 0 Å². The molecule has 2 N–H and O–H groups in total. The molecule has 94 valence electrons.